The van der Waals surface area contributed by atoms with E-state index in [9.17, 15) is 0 Å². The molecule has 4 heteroatoms. The molecule has 1 atom stereocenters. The summed E-state index contributed by atoms with van der Waals surface area (Å²) in [5.41, 5.74) is 1.15. The van der Waals surface area contributed by atoms with Crippen molar-refractivity contribution >= 4 is 0 Å². The molecule has 0 radical (unpaired) electrons. The summed E-state index contributed by atoms with van der Waals surface area (Å²) < 4.78 is 10.7. The SMILES string of the molecule is COc1ccc(OC)c(CN[C@H]2CCCN(C)C2)c1. The minimum atomic E-state index is 0.564. The molecule has 0 bridgehead atoms. The second-order valence-corrected chi connectivity index (χ2v) is 5.16. The van der Waals surface area contributed by atoms with Crippen LogP contribution in [-0.2, 0) is 6.54 Å². The predicted molar refractivity (Wildman–Crippen MR) is 76.9 cm³/mol. The van der Waals surface area contributed by atoms with Gasteiger partial charge >= 0.3 is 0 Å². The lowest BCUT2D eigenvalue weighted by Gasteiger charge is -2.30. The van der Waals surface area contributed by atoms with Crippen molar-refractivity contribution in [3.8, 4) is 11.5 Å². The lowest BCUT2D eigenvalue weighted by atomic mass is 10.1. The van der Waals surface area contributed by atoms with Crippen LogP contribution in [0, 0.1) is 0 Å². The Balaban J connectivity index is 1.97. The number of benzene rings is 1. The molecule has 1 saturated heterocycles. The zero-order valence-electron chi connectivity index (χ0n) is 12.1. The van der Waals surface area contributed by atoms with Crippen molar-refractivity contribution in [2.24, 2.45) is 0 Å². The third-order valence-corrected chi connectivity index (χ3v) is 3.69. The molecule has 0 spiro atoms. The number of rotatable bonds is 5. The summed E-state index contributed by atoms with van der Waals surface area (Å²) in [5, 5.41) is 3.62. The van der Waals surface area contributed by atoms with E-state index in [1.807, 2.05) is 18.2 Å². The van der Waals surface area contributed by atoms with Crippen molar-refractivity contribution in [2.45, 2.75) is 25.4 Å². The quantitative estimate of drug-likeness (QED) is 0.880. The molecule has 4 nitrogen and oxygen atoms in total. The van der Waals surface area contributed by atoms with Gasteiger partial charge in [-0.3, -0.25) is 0 Å². The summed E-state index contributed by atoms with van der Waals surface area (Å²) in [4.78, 5) is 2.38. The van der Waals surface area contributed by atoms with Gasteiger partial charge in [0, 0.05) is 24.7 Å². The maximum Gasteiger partial charge on any atom is 0.123 e. The number of likely N-dealkylation sites (tertiary alicyclic amines) is 1. The van der Waals surface area contributed by atoms with E-state index in [1.54, 1.807) is 14.2 Å². The van der Waals surface area contributed by atoms with E-state index in [1.165, 1.54) is 19.4 Å². The van der Waals surface area contributed by atoms with E-state index >= 15 is 0 Å². The minimum Gasteiger partial charge on any atom is -0.497 e. The topological polar surface area (TPSA) is 33.7 Å². The molecule has 0 aliphatic carbocycles. The van der Waals surface area contributed by atoms with Crippen LogP contribution in [-0.4, -0.2) is 45.3 Å². The molecule has 19 heavy (non-hydrogen) atoms. The highest BCUT2D eigenvalue weighted by molar-refractivity contribution is 5.40. The Morgan fingerprint density at radius 3 is 2.84 bits per heavy atom. The third kappa shape index (κ3) is 3.85. The third-order valence-electron chi connectivity index (χ3n) is 3.69. The first-order chi connectivity index (χ1) is 9.22. The van der Waals surface area contributed by atoms with Crippen LogP contribution in [0.3, 0.4) is 0 Å². The largest absolute Gasteiger partial charge is 0.497 e. The molecule has 1 aromatic carbocycles. The predicted octanol–water partition coefficient (Wildman–Crippen LogP) is 1.89. The highest BCUT2D eigenvalue weighted by atomic mass is 16.5. The molecule has 0 aromatic heterocycles. The number of nitrogens with one attached hydrogen (secondary N) is 1. The monoisotopic (exact) mass is 264 g/mol. The van der Waals surface area contributed by atoms with E-state index in [0.717, 1.165) is 30.2 Å². The van der Waals surface area contributed by atoms with Gasteiger partial charge in [0.15, 0.2) is 0 Å². The fraction of sp³-hybridized carbons (Fsp3) is 0.600. The molecule has 1 N–H and O–H groups in total. The summed E-state index contributed by atoms with van der Waals surface area (Å²) in [5.74, 6) is 1.79. The van der Waals surface area contributed by atoms with Crippen LogP contribution >= 0.6 is 0 Å². The fourth-order valence-electron chi connectivity index (χ4n) is 2.61. The van der Waals surface area contributed by atoms with Crippen molar-refractivity contribution in [3.63, 3.8) is 0 Å². The van der Waals surface area contributed by atoms with Crippen LogP contribution in [0.1, 0.15) is 18.4 Å². The van der Waals surface area contributed by atoms with Crippen molar-refractivity contribution in [1.82, 2.24) is 10.2 Å². The first-order valence-electron chi connectivity index (χ1n) is 6.85. The van der Waals surface area contributed by atoms with Gasteiger partial charge in [0.25, 0.3) is 0 Å². The average molecular weight is 264 g/mol. The molecule has 2 rings (SSSR count). The minimum absolute atomic E-state index is 0.564. The van der Waals surface area contributed by atoms with Crippen LogP contribution in [0.5, 0.6) is 11.5 Å². The van der Waals surface area contributed by atoms with Crippen molar-refractivity contribution in [3.05, 3.63) is 23.8 Å². The van der Waals surface area contributed by atoms with Gasteiger partial charge in [-0.25, -0.2) is 0 Å². The van der Waals surface area contributed by atoms with Crippen LogP contribution in [0.25, 0.3) is 0 Å². The van der Waals surface area contributed by atoms with E-state index < -0.39 is 0 Å². The first-order valence-corrected chi connectivity index (χ1v) is 6.85. The Morgan fingerprint density at radius 1 is 1.32 bits per heavy atom. The summed E-state index contributed by atoms with van der Waals surface area (Å²) >= 11 is 0. The highest BCUT2D eigenvalue weighted by Gasteiger charge is 2.17. The number of ether oxygens (including phenoxy) is 2. The van der Waals surface area contributed by atoms with Crippen molar-refractivity contribution in [2.75, 3.05) is 34.4 Å². The second-order valence-electron chi connectivity index (χ2n) is 5.16. The number of piperidine rings is 1. The Labute approximate surface area is 115 Å². The van der Waals surface area contributed by atoms with Gasteiger partial charge in [0.05, 0.1) is 14.2 Å². The van der Waals surface area contributed by atoms with Gasteiger partial charge in [-0.05, 0) is 44.6 Å². The molecular formula is C15H24N2O2. The molecule has 1 fully saturated rings. The molecule has 0 saturated carbocycles. The van der Waals surface area contributed by atoms with Gasteiger partial charge in [-0.15, -0.1) is 0 Å². The molecule has 1 aliphatic rings. The lowest BCUT2D eigenvalue weighted by molar-refractivity contribution is 0.226. The smallest absolute Gasteiger partial charge is 0.123 e. The molecule has 0 amide bonds. The fourth-order valence-corrected chi connectivity index (χ4v) is 2.61. The zero-order valence-corrected chi connectivity index (χ0v) is 12.1. The van der Waals surface area contributed by atoms with E-state index in [-0.39, 0.29) is 0 Å². The maximum absolute atomic E-state index is 5.40. The second kappa shape index (κ2) is 6.78. The molecular weight excluding hydrogens is 240 g/mol. The summed E-state index contributed by atoms with van der Waals surface area (Å²) in [6.45, 7) is 3.14. The molecule has 106 valence electrons. The maximum atomic E-state index is 5.40. The van der Waals surface area contributed by atoms with Crippen molar-refractivity contribution in [1.29, 1.82) is 0 Å². The number of likely N-dealkylation sites (N-methyl/N-ethyl adjacent to an activating group) is 1. The number of hydrogen-bond donors (Lipinski definition) is 1. The lowest BCUT2D eigenvalue weighted by Crippen LogP contribution is -2.43. The summed E-state index contributed by atoms with van der Waals surface area (Å²) in [7, 11) is 5.58. The average Bonchev–Trinajstić information content (AvgIpc) is 2.45. The Kier molecular flexibility index (Phi) is 5.05. The Hall–Kier alpha value is -1.26. The zero-order chi connectivity index (χ0) is 13.7. The van der Waals surface area contributed by atoms with Gasteiger partial charge in [0.1, 0.15) is 11.5 Å². The highest BCUT2D eigenvalue weighted by Crippen LogP contribution is 2.24. The van der Waals surface area contributed by atoms with Crippen LogP contribution in [0.15, 0.2) is 18.2 Å². The van der Waals surface area contributed by atoms with E-state index in [4.69, 9.17) is 9.47 Å². The van der Waals surface area contributed by atoms with Crippen molar-refractivity contribution < 1.29 is 9.47 Å². The molecule has 1 aliphatic heterocycles. The number of nitrogens with zero attached hydrogens (tertiary/aromatic N) is 1. The van der Waals surface area contributed by atoms with Gasteiger partial charge in [-0.1, -0.05) is 0 Å². The molecule has 1 aromatic rings. The van der Waals surface area contributed by atoms with E-state index in [0.29, 0.717) is 6.04 Å². The van der Waals surface area contributed by atoms with Crippen LogP contribution in [0.2, 0.25) is 0 Å². The molecule has 1 heterocycles. The van der Waals surface area contributed by atoms with E-state index in [2.05, 4.69) is 17.3 Å². The van der Waals surface area contributed by atoms with Gasteiger partial charge < -0.3 is 19.7 Å². The Morgan fingerprint density at radius 2 is 2.16 bits per heavy atom. The normalized spacial score (nSPS) is 20.3. The Bertz CT molecular complexity index is 409. The van der Waals surface area contributed by atoms with Crippen LogP contribution in [0.4, 0.5) is 0 Å². The van der Waals surface area contributed by atoms with Gasteiger partial charge in [-0.2, -0.15) is 0 Å². The van der Waals surface area contributed by atoms with Gasteiger partial charge in [0.2, 0.25) is 0 Å². The van der Waals surface area contributed by atoms with Crippen LogP contribution < -0.4 is 14.8 Å². The standard InChI is InChI=1S/C15H24N2O2/c1-17-8-4-5-13(11-17)16-10-12-9-14(18-2)6-7-15(12)19-3/h6-7,9,13,16H,4-5,8,10-11H2,1-3H3/t13-/m0/s1. The number of methoxy groups -OCH3 is 2. The number of hydrogen-bond acceptors (Lipinski definition) is 4. The molecule has 0 unspecified atom stereocenters. The summed E-state index contributed by atoms with van der Waals surface area (Å²) in [6, 6.07) is 6.49. The summed E-state index contributed by atoms with van der Waals surface area (Å²) in [6.07, 6.45) is 2.51. The first kappa shape index (κ1) is 14.2.